The quantitative estimate of drug-likeness (QED) is 0.553. The number of carboxylic acid groups (broad SMARTS) is 2. The second-order valence-corrected chi connectivity index (χ2v) is 5.90. The third-order valence-corrected chi connectivity index (χ3v) is 3.96. The van der Waals surface area contributed by atoms with Crippen LogP contribution < -0.4 is 0 Å². The van der Waals surface area contributed by atoms with Crippen molar-refractivity contribution in [2.45, 2.75) is 12.8 Å². The topological polar surface area (TPSA) is 74.6 Å². The highest BCUT2D eigenvalue weighted by molar-refractivity contribution is 5.88. The summed E-state index contributed by atoms with van der Waals surface area (Å²) in [5.41, 5.74) is 3.41. The van der Waals surface area contributed by atoms with E-state index in [2.05, 4.69) is 13.2 Å². The third-order valence-electron chi connectivity index (χ3n) is 3.96. The summed E-state index contributed by atoms with van der Waals surface area (Å²) < 4.78 is 0. The van der Waals surface area contributed by atoms with Gasteiger partial charge in [0.15, 0.2) is 0 Å². The van der Waals surface area contributed by atoms with Gasteiger partial charge < -0.3 is 10.2 Å². The maximum absolute atomic E-state index is 11.2. The van der Waals surface area contributed by atoms with Crippen LogP contribution in [0.4, 0.5) is 0 Å². The van der Waals surface area contributed by atoms with Gasteiger partial charge in [0.05, 0.1) is 0 Å². The van der Waals surface area contributed by atoms with E-state index in [-0.39, 0.29) is 24.0 Å². The molecule has 0 atom stereocenters. The van der Waals surface area contributed by atoms with Crippen molar-refractivity contribution in [3.8, 4) is 0 Å². The van der Waals surface area contributed by atoms with Gasteiger partial charge >= 0.3 is 11.9 Å². The van der Waals surface area contributed by atoms with Crippen molar-refractivity contribution in [1.82, 2.24) is 0 Å². The number of hydrogen-bond acceptors (Lipinski definition) is 2. The zero-order valence-electron chi connectivity index (χ0n) is 14.3. The molecule has 4 nitrogen and oxygen atoms in total. The van der Waals surface area contributed by atoms with Gasteiger partial charge in [0.1, 0.15) is 0 Å². The van der Waals surface area contributed by atoms with E-state index in [1.54, 1.807) is 6.07 Å². The first kappa shape index (κ1) is 18.9. The fraction of sp³-hybridized carbons (Fsp3) is 0.0909. The summed E-state index contributed by atoms with van der Waals surface area (Å²) in [5.74, 6) is -2.15. The van der Waals surface area contributed by atoms with Crippen molar-refractivity contribution in [2.75, 3.05) is 0 Å². The lowest BCUT2D eigenvalue weighted by atomic mass is 9.91. The molecule has 0 saturated heterocycles. The van der Waals surface area contributed by atoms with E-state index in [1.807, 2.05) is 54.6 Å². The Hall–Kier alpha value is -3.40. The molecule has 0 aliphatic rings. The number of rotatable bonds is 8. The van der Waals surface area contributed by atoms with Gasteiger partial charge in [-0.3, -0.25) is 0 Å². The van der Waals surface area contributed by atoms with Crippen LogP contribution in [0.15, 0.2) is 72.8 Å². The summed E-state index contributed by atoms with van der Waals surface area (Å²) in [6, 6.07) is 15.2. The van der Waals surface area contributed by atoms with Gasteiger partial charge in [0.25, 0.3) is 0 Å². The maximum atomic E-state index is 11.2. The maximum Gasteiger partial charge on any atom is 0.331 e. The van der Waals surface area contributed by atoms with Gasteiger partial charge in [-0.05, 0) is 22.3 Å². The van der Waals surface area contributed by atoms with Crippen molar-refractivity contribution in [3.63, 3.8) is 0 Å². The summed E-state index contributed by atoms with van der Waals surface area (Å²) in [5, 5.41) is 18.3. The fourth-order valence-corrected chi connectivity index (χ4v) is 2.54. The highest BCUT2D eigenvalue weighted by Gasteiger charge is 2.14. The lowest BCUT2D eigenvalue weighted by molar-refractivity contribution is -0.133. The second kappa shape index (κ2) is 8.62. The first-order chi connectivity index (χ1) is 12.4. The van der Waals surface area contributed by atoms with Crippen LogP contribution in [0.5, 0.6) is 0 Å². The molecule has 0 bridgehead atoms. The van der Waals surface area contributed by atoms with E-state index in [9.17, 15) is 14.7 Å². The van der Waals surface area contributed by atoms with E-state index in [0.29, 0.717) is 0 Å². The predicted octanol–water partition coefficient (Wildman–Crippen LogP) is 4.22. The molecule has 2 N–H and O–H groups in total. The van der Waals surface area contributed by atoms with Crippen LogP contribution in [0.3, 0.4) is 0 Å². The van der Waals surface area contributed by atoms with Crippen molar-refractivity contribution in [1.29, 1.82) is 0 Å². The highest BCUT2D eigenvalue weighted by atomic mass is 16.4. The Kier molecular flexibility index (Phi) is 6.28. The van der Waals surface area contributed by atoms with E-state index in [0.717, 1.165) is 22.3 Å². The first-order valence-corrected chi connectivity index (χ1v) is 8.04. The van der Waals surface area contributed by atoms with E-state index < -0.39 is 11.9 Å². The van der Waals surface area contributed by atoms with Crippen molar-refractivity contribution in [2.24, 2.45) is 0 Å². The minimum atomic E-state index is -1.07. The Labute approximate surface area is 152 Å². The lowest BCUT2D eigenvalue weighted by Crippen LogP contribution is -2.09. The fourth-order valence-electron chi connectivity index (χ4n) is 2.54. The Balaban J connectivity index is 2.43. The third kappa shape index (κ3) is 5.05. The molecule has 0 amide bonds. The lowest BCUT2D eigenvalue weighted by Gasteiger charge is -2.13. The molecule has 2 aromatic carbocycles. The molecule has 0 radical (unpaired) electrons. The Morgan fingerprint density at radius 2 is 1.42 bits per heavy atom. The van der Waals surface area contributed by atoms with Crippen LogP contribution in [-0.2, 0) is 22.4 Å². The molecule has 132 valence electrons. The zero-order valence-corrected chi connectivity index (χ0v) is 14.3. The van der Waals surface area contributed by atoms with E-state index in [4.69, 9.17) is 5.11 Å². The summed E-state index contributed by atoms with van der Waals surface area (Å²) in [7, 11) is 0. The van der Waals surface area contributed by atoms with Gasteiger partial charge in [-0.25, -0.2) is 9.59 Å². The molecule has 4 heteroatoms. The van der Waals surface area contributed by atoms with Crippen LogP contribution in [0.1, 0.15) is 22.3 Å². The van der Waals surface area contributed by atoms with Crippen LogP contribution in [0.2, 0.25) is 0 Å². The van der Waals surface area contributed by atoms with Crippen molar-refractivity contribution >= 4 is 24.1 Å². The zero-order chi connectivity index (χ0) is 19.1. The molecule has 0 aliphatic heterocycles. The Morgan fingerprint density at radius 3 is 2.04 bits per heavy atom. The molecule has 0 heterocycles. The average molecular weight is 348 g/mol. The summed E-state index contributed by atoms with van der Waals surface area (Å²) in [6.07, 6.45) is 4.10. The monoisotopic (exact) mass is 348 g/mol. The van der Waals surface area contributed by atoms with Gasteiger partial charge in [0.2, 0.25) is 0 Å². The number of carboxylic acids is 2. The molecule has 0 spiro atoms. The molecule has 2 aromatic rings. The first-order valence-electron chi connectivity index (χ1n) is 8.04. The minimum absolute atomic E-state index is 0.0488. The molecule has 0 aromatic heterocycles. The van der Waals surface area contributed by atoms with Crippen LogP contribution in [0, 0.1) is 0 Å². The van der Waals surface area contributed by atoms with Gasteiger partial charge in [-0.1, -0.05) is 73.8 Å². The molecule has 0 aliphatic carbocycles. The van der Waals surface area contributed by atoms with Gasteiger partial charge in [-0.15, -0.1) is 0 Å². The molecule has 26 heavy (non-hydrogen) atoms. The second-order valence-electron chi connectivity index (χ2n) is 5.90. The number of carbonyl (C=O) groups is 2. The summed E-state index contributed by atoms with van der Waals surface area (Å²) in [4.78, 5) is 22.3. The Morgan fingerprint density at radius 1 is 0.808 bits per heavy atom. The normalized spacial score (nSPS) is 10.6. The number of benzene rings is 2. The van der Waals surface area contributed by atoms with E-state index >= 15 is 0 Å². The summed E-state index contributed by atoms with van der Waals surface area (Å²) >= 11 is 0. The highest BCUT2D eigenvalue weighted by Crippen LogP contribution is 2.23. The number of aliphatic carboxylic acids is 2. The van der Waals surface area contributed by atoms with Crippen molar-refractivity contribution in [3.05, 3.63) is 95.1 Å². The molecular weight excluding hydrogens is 328 g/mol. The average Bonchev–Trinajstić information content (AvgIpc) is 2.62. The van der Waals surface area contributed by atoms with Gasteiger partial charge in [-0.2, -0.15) is 0 Å². The summed E-state index contributed by atoms with van der Waals surface area (Å²) in [6.45, 7) is 7.17. The van der Waals surface area contributed by atoms with Crippen LogP contribution in [-0.4, -0.2) is 22.2 Å². The SMILES string of the molecule is C=C(Cc1cccc(C=Cc2ccccc2)c1CC(=C)C(=O)O)C(=O)O. The van der Waals surface area contributed by atoms with Gasteiger partial charge in [0, 0.05) is 24.0 Å². The van der Waals surface area contributed by atoms with Crippen LogP contribution in [0.25, 0.3) is 12.2 Å². The largest absolute Gasteiger partial charge is 0.478 e. The van der Waals surface area contributed by atoms with Crippen molar-refractivity contribution < 1.29 is 19.8 Å². The molecular formula is C22H20O4. The molecule has 0 unspecified atom stereocenters. The molecule has 0 saturated carbocycles. The van der Waals surface area contributed by atoms with Crippen LogP contribution >= 0.6 is 0 Å². The standard InChI is InChI=1S/C22H20O4/c1-15(21(23)24)13-19-10-6-9-18(20(19)14-16(2)22(25)26)12-11-17-7-4-3-5-8-17/h3-12H,1-2,13-14H2,(H,23,24)(H,25,26). The molecule has 0 fully saturated rings. The predicted molar refractivity (Wildman–Crippen MR) is 103 cm³/mol. The van der Waals surface area contributed by atoms with E-state index in [1.165, 1.54) is 0 Å². The smallest absolute Gasteiger partial charge is 0.331 e. The number of hydrogen-bond donors (Lipinski definition) is 2. The Bertz CT molecular complexity index is 876. The minimum Gasteiger partial charge on any atom is -0.478 e. The molecule has 2 rings (SSSR count).